The fourth-order valence-corrected chi connectivity index (χ4v) is 2.68. The number of ether oxygens (including phenoxy) is 1. The third-order valence-corrected chi connectivity index (χ3v) is 3.93. The quantitative estimate of drug-likeness (QED) is 0.872. The van der Waals surface area contributed by atoms with Gasteiger partial charge in [-0.2, -0.15) is 0 Å². The molecule has 2 unspecified atom stereocenters. The van der Waals surface area contributed by atoms with E-state index >= 15 is 0 Å². The summed E-state index contributed by atoms with van der Waals surface area (Å²) in [6.07, 6.45) is 3.47. The van der Waals surface area contributed by atoms with Gasteiger partial charge in [0, 0.05) is 17.1 Å². The Hall–Kier alpha value is -0.770. The normalized spacial score (nSPS) is 23.3. The number of aliphatic hydroxyl groups excluding tert-OH is 1. The molecule has 2 atom stereocenters. The molecule has 2 rings (SSSR count). The number of benzene rings is 1. The molecule has 0 heterocycles. The molecule has 19 heavy (non-hydrogen) atoms. The molecular weight excluding hydrogens is 262 g/mol. The van der Waals surface area contributed by atoms with E-state index in [1.807, 2.05) is 18.2 Å². The van der Waals surface area contributed by atoms with Crippen molar-refractivity contribution in [3.63, 3.8) is 0 Å². The van der Waals surface area contributed by atoms with E-state index in [9.17, 15) is 5.11 Å². The topological polar surface area (TPSA) is 41.5 Å². The minimum atomic E-state index is -0.361. The van der Waals surface area contributed by atoms with Gasteiger partial charge in [0.15, 0.2) is 0 Å². The first-order chi connectivity index (χ1) is 9.22. The molecule has 0 aromatic heterocycles. The van der Waals surface area contributed by atoms with Crippen LogP contribution in [0.4, 0.5) is 0 Å². The highest BCUT2D eigenvalue weighted by molar-refractivity contribution is 6.31. The standard InChI is InChI=1S/C15H22ClNO2/c1-2-17-10-11-12(16)6-5-9-14(11)19-15-8-4-3-7-13(15)18/h5-6,9,13,15,17-18H,2-4,7-8,10H2,1H3. The van der Waals surface area contributed by atoms with Crippen LogP contribution in [0.15, 0.2) is 18.2 Å². The lowest BCUT2D eigenvalue weighted by Gasteiger charge is -2.29. The predicted octanol–water partition coefficient (Wildman–Crippen LogP) is 3.13. The van der Waals surface area contributed by atoms with Crippen LogP contribution in [-0.4, -0.2) is 23.9 Å². The molecular formula is C15H22ClNO2. The molecule has 4 heteroatoms. The molecule has 1 aromatic rings. The minimum absolute atomic E-state index is 0.104. The van der Waals surface area contributed by atoms with Crippen molar-refractivity contribution in [1.82, 2.24) is 5.32 Å². The summed E-state index contributed by atoms with van der Waals surface area (Å²) in [6.45, 7) is 3.63. The van der Waals surface area contributed by atoms with Crippen LogP contribution in [0.25, 0.3) is 0 Å². The highest BCUT2D eigenvalue weighted by atomic mass is 35.5. The van der Waals surface area contributed by atoms with Crippen molar-refractivity contribution >= 4 is 11.6 Å². The Balaban J connectivity index is 2.11. The maximum absolute atomic E-state index is 9.99. The van der Waals surface area contributed by atoms with E-state index in [0.717, 1.165) is 43.5 Å². The summed E-state index contributed by atoms with van der Waals surface area (Å²) in [5.74, 6) is 0.791. The molecule has 1 fully saturated rings. The lowest BCUT2D eigenvalue weighted by atomic mass is 9.95. The Morgan fingerprint density at radius 3 is 2.89 bits per heavy atom. The average Bonchev–Trinajstić information content (AvgIpc) is 2.41. The van der Waals surface area contributed by atoms with Crippen molar-refractivity contribution in [2.24, 2.45) is 0 Å². The van der Waals surface area contributed by atoms with Gasteiger partial charge in [0.1, 0.15) is 11.9 Å². The Morgan fingerprint density at radius 2 is 2.16 bits per heavy atom. The fraction of sp³-hybridized carbons (Fsp3) is 0.600. The number of nitrogens with one attached hydrogen (secondary N) is 1. The van der Waals surface area contributed by atoms with E-state index in [1.165, 1.54) is 0 Å². The number of aliphatic hydroxyl groups is 1. The Morgan fingerprint density at radius 1 is 1.37 bits per heavy atom. The van der Waals surface area contributed by atoms with Gasteiger partial charge in [-0.05, 0) is 37.9 Å². The van der Waals surface area contributed by atoms with E-state index in [2.05, 4.69) is 12.2 Å². The van der Waals surface area contributed by atoms with E-state index < -0.39 is 0 Å². The van der Waals surface area contributed by atoms with Gasteiger partial charge >= 0.3 is 0 Å². The van der Waals surface area contributed by atoms with Crippen molar-refractivity contribution < 1.29 is 9.84 Å². The molecule has 0 bridgehead atoms. The van der Waals surface area contributed by atoms with Gasteiger partial charge < -0.3 is 15.2 Å². The van der Waals surface area contributed by atoms with Crippen LogP contribution in [0.1, 0.15) is 38.2 Å². The predicted molar refractivity (Wildman–Crippen MR) is 77.7 cm³/mol. The van der Waals surface area contributed by atoms with Crippen LogP contribution in [0, 0.1) is 0 Å². The van der Waals surface area contributed by atoms with Crippen molar-refractivity contribution in [1.29, 1.82) is 0 Å². The number of rotatable bonds is 5. The van der Waals surface area contributed by atoms with Crippen LogP contribution in [0.2, 0.25) is 5.02 Å². The molecule has 0 saturated heterocycles. The van der Waals surface area contributed by atoms with E-state index in [-0.39, 0.29) is 12.2 Å². The zero-order valence-electron chi connectivity index (χ0n) is 11.4. The Bertz CT molecular complexity index is 411. The zero-order chi connectivity index (χ0) is 13.7. The molecule has 1 aromatic carbocycles. The summed E-state index contributed by atoms with van der Waals surface area (Å²) in [6, 6.07) is 5.70. The third kappa shape index (κ3) is 3.85. The summed E-state index contributed by atoms with van der Waals surface area (Å²) in [4.78, 5) is 0. The van der Waals surface area contributed by atoms with Crippen LogP contribution in [0.5, 0.6) is 5.75 Å². The second kappa shape index (κ2) is 7.13. The SMILES string of the molecule is CCNCc1c(Cl)cccc1OC1CCCCC1O. The van der Waals surface area contributed by atoms with Crippen LogP contribution < -0.4 is 10.1 Å². The van der Waals surface area contributed by atoms with Crippen molar-refractivity contribution in [2.75, 3.05) is 6.54 Å². The average molecular weight is 284 g/mol. The minimum Gasteiger partial charge on any atom is -0.487 e. The van der Waals surface area contributed by atoms with Crippen molar-refractivity contribution in [3.8, 4) is 5.75 Å². The number of hydrogen-bond acceptors (Lipinski definition) is 3. The van der Waals surface area contributed by atoms with Crippen LogP contribution in [-0.2, 0) is 6.54 Å². The molecule has 1 aliphatic rings. The molecule has 0 amide bonds. The molecule has 0 spiro atoms. The summed E-state index contributed by atoms with van der Waals surface area (Å²) >= 11 is 6.24. The van der Waals surface area contributed by atoms with E-state index in [1.54, 1.807) is 0 Å². The Labute approximate surface area is 119 Å². The highest BCUT2D eigenvalue weighted by Crippen LogP contribution is 2.30. The van der Waals surface area contributed by atoms with Gasteiger partial charge in [0.2, 0.25) is 0 Å². The van der Waals surface area contributed by atoms with Crippen molar-refractivity contribution in [3.05, 3.63) is 28.8 Å². The number of halogens is 1. The molecule has 1 aliphatic carbocycles. The highest BCUT2D eigenvalue weighted by Gasteiger charge is 2.25. The molecule has 2 N–H and O–H groups in total. The second-order valence-electron chi connectivity index (χ2n) is 5.00. The summed E-state index contributed by atoms with van der Waals surface area (Å²) in [7, 11) is 0. The second-order valence-corrected chi connectivity index (χ2v) is 5.41. The largest absolute Gasteiger partial charge is 0.487 e. The maximum Gasteiger partial charge on any atom is 0.125 e. The molecule has 0 aliphatic heterocycles. The van der Waals surface area contributed by atoms with E-state index in [4.69, 9.17) is 16.3 Å². The lowest BCUT2D eigenvalue weighted by Crippen LogP contribution is -2.35. The number of hydrogen-bond donors (Lipinski definition) is 2. The van der Waals surface area contributed by atoms with E-state index in [0.29, 0.717) is 11.6 Å². The Kier molecular flexibility index (Phi) is 5.49. The first-order valence-corrected chi connectivity index (χ1v) is 7.43. The fourth-order valence-electron chi connectivity index (χ4n) is 2.45. The zero-order valence-corrected chi connectivity index (χ0v) is 12.1. The van der Waals surface area contributed by atoms with Gasteiger partial charge in [-0.25, -0.2) is 0 Å². The molecule has 106 valence electrons. The summed E-state index contributed by atoms with van der Waals surface area (Å²) in [5, 5.41) is 14.0. The lowest BCUT2D eigenvalue weighted by molar-refractivity contribution is 0.00636. The third-order valence-electron chi connectivity index (χ3n) is 3.57. The smallest absolute Gasteiger partial charge is 0.125 e. The first kappa shape index (κ1) is 14.6. The molecule has 1 saturated carbocycles. The van der Waals surface area contributed by atoms with Gasteiger partial charge in [-0.3, -0.25) is 0 Å². The van der Waals surface area contributed by atoms with Gasteiger partial charge in [0.25, 0.3) is 0 Å². The molecule has 3 nitrogen and oxygen atoms in total. The monoisotopic (exact) mass is 283 g/mol. The van der Waals surface area contributed by atoms with Gasteiger partial charge in [-0.1, -0.05) is 31.0 Å². The van der Waals surface area contributed by atoms with Gasteiger partial charge in [-0.15, -0.1) is 0 Å². The van der Waals surface area contributed by atoms with Crippen molar-refractivity contribution in [2.45, 2.75) is 51.4 Å². The van der Waals surface area contributed by atoms with Crippen LogP contribution >= 0.6 is 11.6 Å². The van der Waals surface area contributed by atoms with Crippen LogP contribution in [0.3, 0.4) is 0 Å². The first-order valence-electron chi connectivity index (χ1n) is 7.05. The summed E-state index contributed by atoms with van der Waals surface area (Å²) in [5.41, 5.74) is 0.976. The maximum atomic E-state index is 9.99. The van der Waals surface area contributed by atoms with Gasteiger partial charge in [0.05, 0.1) is 6.10 Å². The molecule has 0 radical (unpaired) electrons. The summed E-state index contributed by atoms with van der Waals surface area (Å²) < 4.78 is 6.00.